The van der Waals surface area contributed by atoms with E-state index in [9.17, 15) is 0 Å². The van der Waals surface area contributed by atoms with Crippen molar-refractivity contribution >= 4 is 0 Å². The van der Waals surface area contributed by atoms with Crippen molar-refractivity contribution < 1.29 is 4.74 Å². The van der Waals surface area contributed by atoms with Gasteiger partial charge in [0.05, 0.1) is 19.3 Å². The fourth-order valence-corrected chi connectivity index (χ4v) is 2.41. The van der Waals surface area contributed by atoms with Crippen molar-refractivity contribution in [3.63, 3.8) is 0 Å². The number of nitrogens with one attached hydrogen (secondary N) is 1. The molecule has 1 atom stereocenters. The first-order valence-corrected chi connectivity index (χ1v) is 7.43. The van der Waals surface area contributed by atoms with Crippen molar-refractivity contribution in [1.82, 2.24) is 20.1 Å². The summed E-state index contributed by atoms with van der Waals surface area (Å²) in [6, 6.07) is 4.33. The van der Waals surface area contributed by atoms with Crippen LogP contribution in [0.1, 0.15) is 50.5 Å². The standard InChI is InChI=1S/C16H24N4O/c1-5-8-18-15(13-7-6-9-17-10-13)16-14(21-4)11-19-20(16)12(2)3/h6-7,9-12,15,18H,5,8H2,1-4H3. The van der Waals surface area contributed by atoms with Crippen molar-refractivity contribution in [2.45, 2.75) is 39.3 Å². The zero-order valence-corrected chi connectivity index (χ0v) is 13.2. The lowest BCUT2D eigenvalue weighted by atomic mass is 10.0. The molecule has 2 aromatic heterocycles. The van der Waals surface area contributed by atoms with E-state index in [1.807, 2.05) is 16.9 Å². The van der Waals surface area contributed by atoms with Gasteiger partial charge in [-0.25, -0.2) is 0 Å². The minimum atomic E-state index is 0.0264. The molecule has 0 saturated heterocycles. The summed E-state index contributed by atoms with van der Waals surface area (Å²) in [6.07, 6.45) is 6.53. The molecule has 0 aliphatic carbocycles. The molecule has 114 valence electrons. The SMILES string of the molecule is CCCNC(c1cccnc1)c1c(OC)cnn1C(C)C. The number of pyridine rings is 1. The maximum Gasteiger partial charge on any atom is 0.161 e. The quantitative estimate of drug-likeness (QED) is 0.851. The van der Waals surface area contributed by atoms with Gasteiger partial charge >= 0.3 is 0 Å². The second kappa shape index (κ2) is 7.22. The molecule has 0 radical (unpaired) electrons. The molecule has 2 rings (SSSR count). The summed E-state index contributed by atoms with van der Waals surface area (Å²) in [5, 5.41) is 8.05. The number of ether oxygens (including phenoxy) is 1. The Morgan fingerprint density at radius 2 is 2.14 bits per heavy atom. The number of rotatable bonds is 7. The van der Waals surface area contributed by atoms with Crippen molar-refractivity contribution in [2.24, 2.45) is 0 Å². The Balaban J connectivity index is 2.48. The lowest BCUT2D eigenvalue weighted by Crippen LogP contribution is -2.27. The minimum absolute atomic E-state index is 0.0264. The molecular weight excluding hydrogens is 264 g/mol. The van der Waals surface area contributed by atoms with Gasteiger partial charge in [-0.05, 0) is 38.4 Å². The summed E-state index contributed by atoms with van der Waals surface area (Å²) in [7, 11) is 1.69. The Bertz CT molecular complexity index is 551. The molecule has 0 saturated carbocycles. The average molecular weight is 288 g/mol. The van der Waals surface area contributed by atoms with Crippen molar-refractivity contribution in [1.29, 1.82) is 0 Å². The molecule has 5 heteroatoms. The van der Waals surface area contributed by atoms with Gasteiger partial charge in [0.15, 0.2) is 5.75 Å². The highest BCUT2D eigenvalue weighted by Gasteiger charge is 2.24. The maximum atomic E-state index is 5.51. The van der Waals surface area contributed by atoms with Crippen LogP contribution in [0.3, 0.4) is 0 Å². The molecule has 2 heterocycles. The number of aromatic nitrogens is 3. The Kier molecular flexibility index (Phi) is 5.33. The van der Waals surface area contributed by atoms with E-state index in [-0.39, 0.29) is 12.1 Å². The van der Waals surface area contributed by atoms with Crippen molar-refractivity contribution in [3.05, 3.63) is 42.0 Å². The Hall–Kier alpha value is -1.88. The first-order chi connectivity index (χ1) is 10.2. The molecule has 0 spiro atoms. The number of hydrogen-bond acceptors (Lipinski definition) is 4. The second-order valence-corrected chi connectivity index (χ2v) is 5.31. The van der Waals surface area contributed by atoms with E-state index in [2.05, 4.69) is 42.2 Å². The van der Waals surface area contributed by atoms with Gasteiger partial charge in [0.1, 0.15) is 5.69 Å². The summed E-state index contributed by atoms with van der Waals surface area (Å²) in [5.41, 5.74) is 2.17. The molecule has 0 amide bonds. The van der Waals surface area contributed by atoms with Crippen molar-refractivity contribution in [2.75, 3.05) is 13.7 Å². The summed E-state index contributed by atoms with van der Waals surface area (Å²) in [5.74, 6) is 0.807. The summed E-state index contributed by atoms with van der Waals surface area (Å²) in [6.45, 7) is 7.32. The van der Waals surface area contributed by atoms with Crippen LogP contribution >= 0.6 is 0 Å². The largest absolute Gasteiger partial charge is 0.493 e. The van der Waals surface area contributed by atoms with Gasteiger partial charge in [0.2, 0.25) is 0 Å². The third-order valence-electron chi connectivity index (χ3n) is 3.40. The molecule has 0 aliphatic rings. The Labute approximate surface area is 126 Å². The van der Waals surface area contributed by atoms with Gasteiger partial charge in [-0.15, -0.1) is 0 Å². The van der Waals surface area contributed by atoms with Crippen LogP contribution in [-0.2, 0) is 0 Å². The van der Waals surface area contributed by atoms with Crippen LogP contribution in [0.25, 0.3) is 0 Å². The van der Waals surface area contributed by atoms with Crippen LogP contribution in [0.5, 0.6) is 5.75 Å². The summed E-state index contributed by atoms with van der Waals surface area (Å²) >= 11 is 0. The van der Waals surface area contributed by atoms with E-state index in [1.165, 1.54) is 0 Å². The van der Waals surface area contributed by atoms with E-state index in [1.54, 1.807) is 19.5 Å². The highest BCUT2D eigenvalue weighted by Crippen LogP contribution is 2.31. The third-order valence-corrected chi connectivity index (χ3v) is 3.40. The number of hydrogen-bond donors (Lipinski definition) is 1. The van der Waals surface area contributed by atoms with E-state index in [0.29, 0.717) is 0 Å². The highest BCUT2D eigenvalue weighted by atomic mass is 16.5. The highest BCUT2D eigenvalue weighted by molar-refractivity contribution is 5.35. The molecule has 1 unspecified atom stereocenters. The lowest BCUT2D eigenvalue weighted by Gasteiger charge is -2.22. The predicted octanol–water partition coefficient (Wildman–Crippen LogP) is 2.96. The zero-order chi connectivity index (χ0) is 15.2. The van der Waals surface area contributed by atoms with Crippen LogP contribution in [0.2, 0.25) is 0 Å². The first kappa shape index (κ1) is 15.5. The monoisotopic (exact) mass is 288 g/mol. The minimum Gasteiger partial charge on any atom is -0.493 e. The van der Waals surface area contributed by atoms with E-state index in [4.69, 9.17) is 4.74 Å². The second-order valence-electron chi connectivity index (χ2n) is 5.31. The van der Waals surface area contributed by atoms with Gasteiger partial charge in [-0.3, -0.25) is 9.67 Å². The molecule has 5 nitrogen and oxygen atoms in total. The van der Waals surface area contributed by atoms with Crippen LogP contribution in [0, 0.1) is 0 Å². The van der Waals surface area contributed by atoms with E-state index in [0.717, 1.165) is 30.0 Å². The van der Waals surface area contributed by atoms with Crippen molar-refractivity contribution in [3.8, 4) is 5.75 Å². The summed E-state index contributed by atoms with van der Waals surface area (Å²) < 4.78 is 7.53. The predicted molar refractivity (Wildman–Crippen MR) is 83.5 cm³/mol. The maximum absolute atomic E-state index is 5.51. The lowest BCUT2D eigenvalue weighted by molar-refractivity contribution is 0.393. The summed E-state index contributed by atoms with van der Waals surface area (Å²) in [4.78, 5) is 4.24. The fourth-order valence-electron chi connectivity index (χ4n) is 2.41. The Morgan fingerprint density at radius 1 is 1.33 bits per heavy atom. The first-order valence-electron chi connectivity index (χ1n) is 7.43. The molecule has 21 heavy (non-hydrogen) atoms. The topological polar surface area (TPSA) is 52.0 Å². The molecule has 1 N–H and O–H groups in total. The third kappa shape index (κ3) is 3.42. The Morgan fingerprint density at radius 3 is 2.71 bits per heavy atom. The number of nitrogens with zero attached hydrogens (tertiary/aromatic N) is 3. The van der Waals surface area contributed by atoms with Gasteiger partial charge in [0, 0.05) is 18.4 Å². The molecule has 0 aromatic carbocycles. The van der Waals surface area contributed by atoms with Gasteiger partial charge in [-0.1, -0.05) is 13.0 Å². The van der Waals surface area contributed by atoms with E-state index >= 15 is 0 Å². The van der Waals surface area contributed by atoms with Crippen LogP contribution in [0.4, 0.5) is 0 Å². The molecule has 0 bridgehead atoms. The van der Waals surface area contributed by atoms with Crippen LogP contribution in [-0.4, -0.2) is 28.4 Å². The molecule has 0 aliphatic heterocycles. The normalized spacial score (nSPS) is 12.6. The zero-order valence-electron chi connectivity index (χ0n) is 13.2. The number of methoxy groups -OCH3 is 1. The molecule has 0 fully saturated rings. The van der Waals surface area contributed by atoms with Gasteiger partial charge in [-0.2, -0.15) is 5.10 Å². The molecule has 2 aromatic rings. The van der Waals surface area contributed by atoms with Crippen LogP contribution in [0.15, 0.2) is 30.7 Å². The van der Waals surface area contributed by atoms with E-state index < -0.39 is 0 Å². The van der Waals surface area contributed by atoms with Gasteiger partial charge in [0.25, 0.3) is 0 Å². The fraction of sp³-hybridized carbons (Fsp3) is 0.500. The smallest absolute Gasteiger partial charge is 0.161 e. The van der Waals surface area contributed by atoms with Gasteiger partial charge < -0.3 is 10.1 Å². The molecular formula is C16H24N4O. The average Bonchev–Trinajstić information content (AvgIpc) is 2.93. The van der Waals surface area contributed by atoms with Crippen LogP contribution < -0.4 is 10.1 Å².